The number of para-hydroxylation sites is 2. The van der Waals surface area contributed by atoms with Crippen molar-refractivity contribution in [3.8, 4) is 0 Å². The van der Waals surface area contributed by atoms with Crippen molar-refractivity contribution in [2.24, 2.45) is 9.98 Å². The van der Waals surface area contributed by atoms with Crippen LogP contribution in [0, 0.1) is 0 Å². The first kappa shape index (κ1) is 29.8. The van der Waals surface area contributed by atoms with Gasteiger partial charge in [0.2, 0.25) is 0 Å². The van der Waals surface area contributed by atoms with Gasteiger partial charge in [-0.3, -0.25) is 19.4 Å². The Morgan fingerprint density at radius 3 is 1.48 bits per heavy atom. The molecule has 0 aliphatic carbocycles. The molecule has 0 radical (unpaired) electrons. The van der Waals surface area contributed by atoms with Crippen LogP contribution in [0.2, 0.25) is 0 Å². The summed E-state index contributed by atoms with van der Waals surface area (Å²) in [5.74, 6) is 1.20. The zero-order chi connectivity index (χ0) is 30.5. The average molecular weight is 621 g/mol. The number of fused-ring (bicyclic) bond motifs is 2. The molecule has 0 N–H and O–H groups in total. The van der Waals surface area contributed by atoms with E-state index in [4.69, 9.17) is 9.98 Å². The highest BCUT2D eigenvalue weighted by molar-refractivity contribution is 8.17. The Kier molecular flexibility index (Phi) is 9.18. The number of amidine groups is 2. The molecule has 44 heavy (non-hydrogen) atoms. The lowest BCUT2D eigenvalue weighted by Crippen LogP contribution is -2.32. The molecule has 222 valence electrons. The van der Waals surface area contributed by atoms with Crippen LogP contribution in [0.4, 0.5) is 0 Å². The number of carbonyl (C=O) groups excluding carboxylic acids is 2. The van der Waals surface area contributed by atoms with Crippen LogP contribution in [0.5, 0.6) is 0 Å². The number of thioether (sulfide) groups is 2. The minimum Gasteiger partial charge on any atom is -0.286 e. The zero-order valence-corrected chi connectivity index (χ0v) is 26.3. The lowest BCUT2D eigenvalue weighted by Gasteiger charge is -2.17. The molecule has 0 fully saturated rings. The summed E-state index contributed by atoms with van der Waals surface area (Å²) < 4.78 is 0. The summed E-state index contributed by atoms with van der Waals surface area (Å²) in [6, 6.07) is 23.7. The lowest BCUT2D eigenvalue weighted by atomic mass is 10.2. The van der Waals surface area contributed by atoms with Crippen molar-refractivity contribution in [2.75, 3.05) is 24.6 Å². The normalized spacial score (nSPS) is 17.0. The number of benzene rings is 2. The summed E-state index contributed by atoms with van der Waals surface area (Å²) >= 11 is 3.09. The summed E-state index contributed by atoms with van der Waals surface area (Å²) in [4.78, 5) is 48.8. The maximum atomic E-state index is 13.2. The Labute approximate surface area is 265 Å². The zero-order valence-electron chi connectivity index (χ0n) is 24.6. The summed E-state index contributed by atoms with van der Waals surface area (Å²) in [6.45, 7) is 5.30. The van der Waals surface area contributed by atoms with Gasteiger partial charge in [-0.2, -0.15) is 0 Å². The highest BCUT2D eigenvalue weighted by Gasteiger charge is 2.32. The minimum absolute atomic E-state index is 0.103. The van der Waals surface area contributed by atoms with Crippen LogP contribution >= 0.6 is 23.5 Å². The molecule has 0 atom stereocenters. The fourth-order valence-electron chi connectivity index (χ4n) is 4.99. The van der Waals surface area contributed by atoms with Gasteiger partial charge in [0.25, 0.3) is 11.8 Å². The van der Waals surface area contributed by atoms with E-state index in [1.807, 2.05) is 86.6 Å². The highest BCUT2D eigenvalue weighted by atomic mass is 32.2. The van der Waals surface area contributed by atoms with E-state index in [0.29, 0.717) is 57.7 Å². The number of rotatable bonds is 9. The Morgan fingerprint density at radius 1 is 0.614 bits per heavy atom. The van der Waals surface area contributed by atoms with Crippen molar-refractivity contribution >= 4 is 79.6 Å². The predicted molar refractivity (Wildman–Crippen MR) is 183 cm³/mol. The quantitative estimate of drug-likeness (QED) is 0.150. The average Bonchev–Trinajstić information content (AvgIpc) is 3.49. The monoisotopic (exact) mass is 620 g/mol. The summed E-state index contributed by atoms with van der Waals surface area (Å²) in [5.41, 5.74) is 3.96. The van der Waals surface area contributed by atoms with Crippen LogP contribution in [0.3, 0.4) is 0 Å². The smallest absolute Gasteiger partial charge is 0.278 e. The van der Waals surface area contributed by atoms with Gasteiger partial charge in [-0.05, 0) is 49.3 Å². The van der Waals surface area contributed by atoms with Crippen LogP contribution in [0.15, 0.2) is 94.2 Å². The number of aliphatic imine (C=N–C) groups is 2. The van der Waals surface area contributed by atoms with Gasteiger partial charge in [-0.1, -0.05) is 85.9 Å². The molecule has 2 aliphatic heterocycles. The lowest BCUT2D eigenvalue weighted by molar-refractivity contribution is -0.123. The molecular formula is C34H32N6O2S2. The van der Waals surface area contributed by atoms with Gasteiger partial charge in [0.05, 0.1) is 22.4 Å². The van der Waals surface area contributed by atoms with E-state index < -0.39 is 0 Å². The van der Waals surface area contributed by atoms with Gasteiger partial charge in [0.15, 0.2) is 10.3 Å². The van der Waals surface area contributed by atoms with Crippen molar-refractivity contribution in [3.05, 3.63) is 95.6 Å². The van der Waals surface area contributed by atoms with Gasteiger partial charge in [-0.25, -0.2) is 20.0 Å². The van der Waals surface area contributed by atoms with E-state index in [-0.39, 0.29) is 11.8 Å². The van der Waals surface area contributed by atoms with Crippen LogP contribution in [-0.2, 0) is 9.59 Å². The molecule has 2 amide bonds. The fourth-order valence-corrected chi connectivity index (χ4v) is 7.01. The summed E-state index contributed by atoms with van der Waals surface area (Å²) in [7, 11) is 0. The van der Waals surface area contributed by atoms with Crippen LogP contribution < -0.4 is 0 Å². The van der Waals surface area contributed by atoms with Gasteiger partial charge in [0, 0.05) is 35.4 Å². The Morgan fingerprint density at radius 2 is 1.05 bits per heavy atom. The van der Waals surface area contributed by atoms with Crippen molar-refractivity contribution in [2.45, 2.75) is 26.7 Å². The Balaban J connectivity index is 1.14. The van der Waals surface area contributed by atoms with Crippen molar-refractivity contribution in [1.82, 2.24) is 19.8 Å². The highest BCUT2D eigenvalue weighted by Crippen LogP contribution is 2.28. The number of pyridine rings is 2. The first-order valence-electron chi connectivity index (χ1n) is 14.8. The van der Waals surface area contributed by atoms with Crippen molar-refractivity contribution in [3.63, 3.8) is 0 Å². The predicted octanol–water partition coefficient (Wildman–Crippen LogP) is 6.85. The van der Waals surface area contributed by atoms with Gasteiger partial charge < -0.3 is 0 Å². The Bertz CT molecular complexity index is 1730. The standard InChI is InChI=1S/C34H32N6O2S2/c1-3-17-39-31(41)29(21-25-15-13-23-9-5-7-11-27(23)35-25)37-33(39)43-19-20-44-34-38-30(32(42)40(34)18-4-2)22-26-16-14-24-10-6-8-12-28(24)36-26/h5-16,21-22H,3-4,17-20H2,1-2H3. The SMILES string of the molecule is CCCN1C(=O)C(=Cc2ccc3ccccc3n2)N=C1SCCSC1=NC(=Cc2ccc3ccccc3n2)C(=O)N1CCC. The molecule has 4 aromatic rings. The molecular weight excluding hydrogens is 589 g/mol. The number of aromatic nitrogens is 2. The van der Waals surface area contributed by atoms with Crippen molar-refractivity contribution < 1.29 is 9.59 Å². The molecule has 2 aliphatic rings. The number of hydrogen-bond acceptors (Lipinski definition) is 8. The molecule has 4 heterocycles. The van der Waals surface area contributed by atoms with E-state index in [1.165, 1.54) is 0 Å². The number of carbonyl (C=O) groups is 2. The van der Waals surface area contributed by atoms with E-state index in [1.54, 1.807) is 45.5 Å². The van der Waals surface area contributed by atoms with Crippen molar-refractivity contribution in [1.29, 1.82) is 0 Å². The summed E-state index contributed by atoms with van der Waals surface area (Å²) in [5, 5.41) is 3.50. The molecule has 2 aromatic carbocycles. The molecule has 6 rings (SSSR count). The molecule has 0 saturated heterocycles. The summed E-state index contributed by atoms with van der Waals surface area (Å²) in [6.07, 6.45) is 5.18. The molecule has 10 heteroatoms. The maximum absolute atomic E-state index is 13.2. The molecule has 8 nitrogen and oxygen atoms in total. The Hall–Kier alpha value is -4.28. The largest absolute Gasteiger partial charge is 0.286 e. The van der Waals surface area contributed by atoms with Crippen LogP contribution in [-0.4, -0.2) is 66.5 Å². The van der Waals surface area contributed by atoms with E-state index in [2.05, 4.69) is 9.97 Å². The van der Waals surface area contributed by atoms with E-state index in [9.17, 15) is 9.59 Å². The second-order valence-corrected chi connectivity index (χ2v) is 12.4. The third-order valence-corrected chi connectivity index (χ3v) is 9.29. The van der Waals surface area contributed by atoms with Gasteiger partial charge >= 0.3 is 0 Å². The topological polar surface area (TPSA) is 91.1 Å². The first-order valence-corrected chi connectivity index (χ1v) is 16.7. The third-order valence-electron chi connectivity index (χ3n) is 7.07. The third kappa shape index (κ3) is 6.46. The van der Waals surface area contributed by atoms with E-state index >= 15 is 0 Å². The molecule has 0 bridgehead atoms. The molecule has 0 spiro atoms. The molecule has 0 saturated carbocycles. The second-order valence-electron chi connectivity index (χ2n) is 10.3. The number of amides is 2. The van der Waals surface area contributed by atoms with Gasteiger partial charge in [0.1, 0.15) is 11.4 Å². The van der Waals surface area contributed by atoms with Crippen LogP contribution in [0.1, 0.15) is 38.1 Å². The number of nitrogens with zero attached hydrogens (tertiary/aromatic N) is 6. The molecule has 0 unspecified atom stereocenters. The maximum Gasteiger partial charge on any atom is 0.278 e. The van der Waals surface area contributed by atoms with E-state index in [0.717, 1.165) is 34.6 Å². The van der Waals surface area contributed by atoms with Crippen LogP contribution in [0.25, 0.3) is 34.0 Å². The first-order chi connectivity index (χ1) is 21.5. The minimum atomic E-state index is -0.103. The second kappa shape index (κ2) is 13.6. The molecule has 2 aromatic heterocycles. The van der Waals surface area contributed by atoms with Gasteiger partial charge in [-0.15, -0.1) is 0 Å². The fraction of sp³-hybridized carbons (Fsp3) is 0.235. The number of hydrogen-bond donors (Lipinski definition) is 0.